The van der Waals surface area contributed by atoms with Gasteiger partial charge in [-0.1, -0.05) is 24.2 Å². The predicted octanol–water partition coefficient (Wildman–Crippen LogP) is -3.65. The molecule has 19 nitrogen and oxygen atoms in total. The van der Waals surface area contributed by atoms with E-state index in [2.05, 4.69) is 25.8 Å². The van der Waals surface area contributed by atoms with Gasteiger partial charge in [-0.05, 0) is 20.8 Å². The van der Waals surface area contributed by atoms with Gasteiger partial charge in [0, 0.05) is 41.3 Å². The molecule has 0 aliphatic carbocycles. The number of carboxylic acid groups (broad SMARTS) is 2. The monoisotopic (exact) mass is 870 g/mol. The van der Waals surface area contributed by atoms with Crippen molar-refractivity contribution in [2.45, 2.75) is 63.3 Å². The van der Waals surface area contributed by atoms with E-state index >= 15 is 0 Å². The summed E-state index contributed by atoms with van der Waals surface area (Å²) in [4.78, 5) is 90.6. The molecule has 0 saturated carbocycles. The Balaban J connectivity index is 0.00000372. The Bertz CT molecular complexity index is 2290. The number of nitrogen functional groups attached to an aromatic ring is 1. The topological polar surface area (TPSA) is 293 Å². The number of anilines is 1. The number of hydrogen-bond donors (Lipinski definition) is 6. The number of carbonyl (C=O) groups is 5. The van der Waals surface area contributed by atoms with Crippen LogP contribution in [0.4, 0.5) is 5.13 Å². The first-order valence-electron chi connectivity index (χ1n) is 17.2. The third kappa shape index (κ3) is 8.80. The summed E-state index contributed by atoms with van der Waals surface area (Å²) in [5, 5.41) is 52.6. The number of rotatable bonds is 13. The number of halogens is 1. The number of aliphatic carboxylic acids is 2. The molecule has 0 unspecified atom stereocenters. The molecule has 6 rings (SSSR count). The second kappa shape index (κ2) is 17.9. The maximum Gasteiger partial charge on any atom is 1.00 e. The minimum absolute atomic E-state index is 0. The molecule has 3 aromatic rings. The van der Waals surface area contributed by atoms with Gasteiger partial charge in [0.2, 0.25) is 5.43 Å². The summed E-state index contributed by atoms with van der Waals surface area (Å²) in [5.74, 6) is -6.81. The van der Waals surface area contributed by atoms with Gasteiger partial charge in [-0.2, -0.15) is 0 Å². The number of quaternary nitrogens is 1. The summed E-state index contributed by atoms with van der Waals surface area (Å²) in [6.07, 6.45) is 2.82. The third-order valence-electron chi connectivity index (χ3n) is 9.94. The van der Waals surface area contributed by atoms with Gasteiger partial charge in [-0.15, -0.1) is 23.1 Å². The smallest absolute Gasteiger partial charge is 0.546 e. The van der Waals surface area contributed by atoms with Crippen molar-refractivity contribution in [3.63, 3.8) is 0 Å². The Labute approximate surface area is 366 Å². The fourth-order valence-electron chi connectivity index (χ4n) is 6.86. The number of hydrogen-bond acceptors (Lipinski definition) is 16. The van der Waals surface area contributed by atoms with Crippen LogP contribution in [-0.4, -0.2) is 120 Å². The maximum atomic E-state index is 13.6. The van der Waals surface area contributed by atoms with E-state index in [4.69, 9.17) is 22.2 Å². The first-order chi connectivity index (χ1) is 26.4. The molecule has 0 radical (unpaired) electrons. The number of carbonyl (C=O) groups excluding carboxylic acids is 5. The summed E-state index contributed by atoms with van der Waals surface area (Å²) < 4.78 is 0.371. The molecular weight excluding hydrogens is 831 g/mol. The quantitative estimate of drug-likeness (QED) is 0.0241. The zero-order chi connectivity index (χ0) is 40.9. The van der Waals surface area contributed by atoms with Crippen LogP contribution in [0, 0.1) is 0 Å². The molecular formula is C35H40ClN8NaO11S2. The summed E-state index contributed by atoms with van der Waals surface area (Å²) in [5.41, 5.74) is 2.51. The molecule has 2 saturated heterocycles. The molecule has 0 bridgehead atoms. The van der Waals surface area contributed by atoms with Crippen LogP contribution >= 0.6 is 34.7 Å². The van der Waals surface area contributed by atoms with Gasteiger partial charge < -0.3 is 60.7 Å². The van der Waals surface area contributed by atoms with Crippen molar-refractivity contribution < 1.29 is 83.3 Å². The number of pyridine rings is 1. The standard InChI is InChI=1S/C34H37ClN8O11S2.CH4.Na/c1-14-16(12-43(7-4-5-8-43)9-6-37-27(47)15-11-38-17-10-19(44)26(46)21(35)20(17)25(15)45)24(31(50)51)42-29(49)23(30(42)56-14)40-28(48)22(18-13-55-33(36)39-18)41-54-34(2,3)32(52)53;;/h10-11,13-14,23,30H,4-9,12H2,1-3H3,(H8-,36,37,38,39,40,41,44,45,46,47,48,50,51,52,53);1H4;/q;;+1/p-1/t14-,23+,30+;;/m0../s1. The molecule has 3 atom stereocenters. The van der Waals surface area contributed by atoms with E-state index in [1.54, 1.807) is 6.92 Å². The largest absolute Gasteiger partial charge is 1.00 e. The fourth-order valence-corrected chi connectivity index (χ4v) is 9.14. The van der Waals surface area contributed by atoms with E-state index in [1.807, 2.05) is 0 Å². The average molecular weight is 871 g/mol. The van der Waals surface area contributed by atoms with Gasteiger partial charge >= 0.3 is 29.6 Å². The van der Waals surface area contributed by atoms with Crippen LogP contribution in [0.3, 0.4) is 0 Å². The third-order valence-corrected chi connectivity index (χ3v) is 12.4. The van der Waals surface area contributed by atoms with Crippen molar-refractivity contribution in [2.75, 3.05) is 38.5 Å². The normalized spacial score (nSPS) is 20.0. The van der Waals surface area contributed by atoms with Crippen molar-refractivity contribution in [1.29, 1.82) is 0 Å². The average Bonchev–Trinajstić information content (AvgIpc) is 3.79. The molecule has 58 heavy (non-hydrogen) atoms. The van der Waals surface area contributed by atoms with Gasteiger partial charge in [-0.3, -0.25) is 24.1 Å². The fraction of sp³-hybridized carbons (Fsp3) is 0.429. The van der Waals surface area contributed by atoms with Crippen LogP contribution in [0.15, 0.2) is 38.9 Å². The number of nitrogens with zero attached hydrogens (tertiary/aromatic N) is 4. The number of H-pyrrole nitrogens is 1. The van der Waals surface area contributed by atoms with E-state index < -0.39 is 79.6 Å². The number of nitrogens with two attached hydrogens (primary N) is 1. The number of nitrogens with one attached hydrogen (secondary N) is 3. The van der Waals surface area contributed by atoms with Crippen molar-refractivity contribution in [1.82, 2.24) is 25.5 Å². The Morgan fingerprint density at radius 1 is 1.21 bits per heavy atom. The van der Waals surface area contributed by atoms with Gasteiger partial charge in [0.15, 0.2) is 27.9 Å². The van der Waals surface area contributed by atoms with Crippen LogP contribution in [0.1, 0.15) is 57.1 Å². The van der Waals surface area contributed by atoms with Gasteiger partial charge in [-0.25, -0.2) is 4.98 Å². The number of carboxylic acids is 2. The molecule has 2 aromatic heterocycles. The predicted molar refractivity (Wildman–Crippen MR) is 206 cm³/mol. The van der Waals surface area contributed by atoms with E-state index in [9.17, 15) is 49.2 Å². The van der Waals surface area contributed by atoms with Crippen molar-refractivity contribution >= 4 is 86.1 Å². The number of phenols is 2. The Kier molecular flexibility index (Phi) is 14.3. The number of thiazole rings is 1. The molecule has 7 N–H and O–H groups in total. The Morgan fingerprint density at radius 3 is 2.48 bits per heavy atom. The number of amides is 3. The zero-order valence-electron chi connectivity index (χ0n) is 31.0. The molecule has 5 heterocycles. The molecule has 23 heteroatoms. The summed E-state index contributed by atoms with van der Waals surface area (Å²) in [6, 6.07) is -0.0883. The van der Waals surface area contributed by atoms with Crippen molar-refractivity contribution in [3.8, 4) is 11.5 Å². The van der Waals surface area contributed by atoms with E-state index in [-0.39, 0.29) is 83.1 Å². The minimum atomic E-state index is -1.93. The van der Waals surface area contributed by atoms with Crippen LogP contribution in [-0.2, 0) is 24.0 Å². The van der Waals surface area contributed by atoms with Gasteiger partial charge in [0.25, 0.3) is 17.7 Å². The van der Waals surface area contributed by atoms with Gasteiger partial charge in [0.05, 0.1) is 59.7 Å². The van der Waals surface area contributed by atoms with Crippen LogP contribution in [0.2, 0.25) is 5.02 Å². The maximum absolute atomic E-state index is 13.6. The number of thioether (sulfide) groups is 1. The zero-order valence-corrected chi connectivity index (χ0v) is 35.4. The van der Waals surface area contributed by atoms with Gasteiger partial charge in [0.1, 0.15) is 29.2 Å². The van der Waals surface area contributed by atoms with Crippen LogP contribution in [0.5, 0.6) is 11.5 Å². The molecule has 0 spiro atoms. The molecule has 3 aliphatic rings. The number of aromatic nitrogens is 2. The van der Waals surface area contributed by atoms with Crippen LogP contribution < -0.4 is 61.6 Å². The van der Waals surface area contributed by atoms with Crippen LogP contribution in [0.25, 0.3) is 10.9 Å². The Hall–Kier alpha value is -4.38. The summed E-state index contributed by atoms with van der Waals surface area (Å²) in [7, 11) is 0. The molecule has 1 aromatic carbocycles. The number of benzene rings is 1. The molecule has 306 valence electrons. The number of aromatic hydroxyl groups is 2. The van der Waals surface area contributed by atoms with E-state index in [0.717, 1.165) is 49.0 Å². The van der Waals surface area contributed by atoms with E-state index in [0.29, 0.717) is 29.7 Å². The number of aromatic amines is 1. The second-order valence-corrected chi connectivity index (χ2v) is 16.8. The summed E-state index contributed by atoms with van der Waals surface area (Å²) >= 11 is 8.33. The number of phenolic OH excluding ortho intramolecular Hbond substituents is 2. The van der Waals surface area contributed by atoms with Crippen molar-refractivity contribution in [2.24, 2.45) is 5.16 Å². The van der Waals surface area contributed by atoms with E-state index in [1.165, 1.54) is 23.3 Å². The number of likely N-dealkylation sites (tertiary alicyclic amines) is 1. The SMILES string of the molecule is C.C[C@@H]1S[C@@H]2[C@H](NC(=O)/C(=N\OC(C)(C)C(=O)[O-])c3csc(N)n3)C(=O)N2C(C(=O)[O-])=C1C[N+]1(CCNC(=O)c2c[nH]c3cc(O)c(O)c(Cl)c3c2=O)CCCC1.[Na+]. The molecule has 3 amide bonds. The number of β-lactam (4-membered cyclic amide) rings is 1. The Morgan fingerprint density at radius 2 is 1.88 bits per heavy atom. The van der Waals surface area contributed by atoms with Crippen molar-refractivity contribution in [3.05, 3.63) is 55.4 Å². The number of fused-ring (bicyclic) bond motifs is 2. The second-order valence-electron chi connectivity index (χ2n) is 14.0. The molecule has 2 fully saturated rings. The minimum Gasteiger partial charge on any atom is -0.546 e. The number of oxime groups is 1. The first-order valence-corrected chi connectivity index (χ1v) is 19.4. The molecule has 3 aliphatic heterocycles. The summed E-state index contributed by atoms with van der Waals surface area (Å²) in [6.45, 7) is 6.04. The first kappa shape index (κ1) is 46.3.